The molecule has 0 aliphatic heterocycles. The van der Waals surface area contributed by atoms with Crippen LogP contribution in [0.1, 0.15) is 38.6 Å². The Morgan fingerprint density at radius 3 is 2.36 bits per heavy atom. The minimum Gasteiger partial charge on any atom is -0.497 e. The number of aryl methyl sites for hydroxylation is 1. The monoisotopic (exact) mass is 379 g/mol. The average molecular weight is 379 g/mol. The summed E-state index contributed by atoms with van der Waals surface area (Å²) in [4.78, 5) is 16.5. The number of hydrogen-bond donors (Lipinski definition) is 1. The number of amides is 1. The third-order valence-corrected chi connectivity index (χ3v) is 4.42. The molecule has 6 heteroatoms. The van der Waals surface area contributed by atoms with E-state index >= 15 is 0 Å². The van der Waals surface area contributed by atoms with Crippen LogP contribution in [-0.4, -0.2) is 23.2 Å². The Bertz CT molecular complexity index is 923. The molecule has 0 atom stereocenters. The molecule has 1 aromatic heterocycles. The van der Waals surface area contributed by atoms with Gasteiger partial charge in [0.05, 0.1) is 7.11 Å². The molecule has 1 heterocycles. The zero-order chi connectivity index (χ0) is 20.1. The van der Waals surface area contributed by atoms with Gasteiger partial charge < -0.3 is 14.6 Å². The van der Waals surface area contributed by atoms with Gasteiger partial charge in [-0.25, -0.2) is 0 Å². The van der Waals surface area contributed by atoms with E-state index in [0.29, 0.717) is 18.1 Å². The predicted octanol–water partition coefficient (Wildman–Crippen LogP) is 4.61. The molecule has 0 saturated heterocycles. The first-order valence-electron chi connectivity index (χ1n) is 9.22. The van der Waals surface area contributed by atoms with Crippen molar-refractivity contribution in [2.45, 2.75) is 39.0 Å². The third kappa shape index (κ3) is 4.97. The van der Waals surface area contributed by atoms with Gasteiger partial charge in [0.1, 0.15) is 5.75 Å². The summed E-state index contributed by atoms with van der Waals surface area (Å²) in [6, 6.07) is 15.3. The largest absolute Gasteiger partial charge is 0.497 e. The summed E-state index contributed by atoms with van der Waals surface area (Å²) < 4.78 is 10.4. The molecular weight excluding hydrogens is 354 g/mol. The Labute approximate surface area is 164 Å². The maximum absolute atomic E-state index is 12.1. The SMILES string of the molecule is COc1ccc(NC(=O)CCc2nc(-c3ccc(C(C)(C)C)cc3)no2)cc1. The van der Waals surface area contributed by atoms with E-state index in [1.54, 1.807) is 31.4 Å². The van der Waals surface area contributed by atoms with Crippen molar-refractivity contribution in [3.8, 4) is 17.1 Å². The van der Waals surface area contributed by atoms with Crippen LogP contribution in [0.2, 0.25) is 0 Å². The minimum atomic E-state index is -0.112. The van der Waals surface area contributed by atoms with Crippen LogP contribution < -0.4 is 10.1 Å². The molecule has 28 heavy (non-hydrogen) atoms. The highest BCUT2D eigenvalue weighted by molar-refractivity contribution is 5.90. The second-order valence-electron chi connectivity index (χ2n) is 7.62. The van der Waals surface area contributed by atoms with Gasteiger partial charge in [-0.05, 0) is 35.2 Å². The molecule has 1 N–H and O–H groups in total. The number of hydrogen-bond acceptors (Lipinski definition) is 5. The zero-order valence-corrected chi connectivity index (χ0v) is 16.7. The number of nitrogens with one attached hydrogen (secondary N) is 1. The normalized spacial score (nSPS) is 11.3. The van der Waals surface area contributed by atoms with Crippen LogP contribution in [-0.2, 0) is 16.6 Å². The number of carbonyl (C=O) groups excluding carboxylic acids is 1. The van der Waals surface area contributed by atoms with Gasteiger partial charge in [0.25, 0.3) is 0 Å². The standard InChI is InChI=1S/C22H25N3O3/c1-22(2,3)16-7-5-15(6-8-16)21-24-20(28-25-21)14-13-19(26)23-17-9-11-18(27-4)12-10-17/h5-12H,13-14H2,1-4H3,(H,23,26). The van der Waals surface area contributed by atoms with E-state index in [9.17, 15) is 4.79 Å². The van der Waals surface area contributed by atoms with Gasteiger partial charge in [-0.1, -0.05) is 50.2 Å². The highest BCUT2D eigenvalue weighted by atomic mass is 16.5. The number of rotatable bonds is 6. The number of nitrogens with zero attached hydrogens (tertiary/aromatic N) is 2. The molecule has 2 aromatic carbocycles. The summed E-state index contributed by atoms with van der Waals surface area (Å²) in [5.41, 5.74) is 2.95. The van der Waals surface area contributed by atoms with Crippen LogP contribution in [0.5, 0.6) is 5.75 Å². The van der Waals surface area contributed by atoms with E-state index in [1.807, 2.05) is 12.1 Å². The number of aromatic nitrogens is 2. The number of benzene rings is 2. The van der Waals surface area contributed by atoms with Gasteiger partial charge in [0, 0.05) is 24.1 Å². The molecule has 3 aromatic rings. The van der Waals surface area contributed by atoms with Crippen molar-refractivity contribution >= 4 is 11.6 Å². The molecule has 146 valence electrons. The molecule has 6 nitrogen and oxygen atoms in total. The van der Waals surface area contributed by atoms with Crippen molar-refractivity contribution in [3.05, 3.63) is 60.0 Å². The fraction of sp³-hybridized carbons (Fsp3) is 0.318. The van der Waals surface area contributed by atoms with Gasteiger partial charge in [-0.15, -0.1) is 0 Å². The minimum absolute atomic E-state index is 0.0954. The Balaban J connectivity index is 1.56. The number of ether oxygens (including phenoxy) is 1. The molecule has 0 bridgehead atoms. The smallest absolute Gasteiger partial charge is 0.227 e. The third-order valence-electron chi connectivity index (χ3n) is 4.42. The molecule has 0 spiro atoms. The average Bonchev–Trinajstić information content (AvgIpc) is 3.15. The van der Waals surface area contributed by atoms with E-state index in [1.165, 1.54) is 5.56 Å². The summed E-state index contributed by atoms with van der Waals surface area (Å²) in [6.45, 7) is 6.52. The molecule has 1 amide bonds. The molecule has 0 unspecified atom stereocenters. The van der Waals surface area contributed by atoms with E-state index in [-0.39, 0.29) is 17.7 Å². The van der Waals surface area contributed by atoms with Crippen molar-refractivity contribution in [2.24, 2.45) is 0 Å². The van der Waals surface area contributed by atoms with Gasteiger partial charge in [-0.3, -0.25) is 4.79 Å². The van der Waals surface area contributed by atoms with Crippen LogP contribution in [0.4, 0.5) is 5.69 Å². The van der Waals surface area contributed by atoms with Crippen molar-refractivity contribution in [1.82, 2.24) is 10.1 Å². The Kier molecular flexibility index (Phi) is 5.78. The van der Waals surface area contributed by atoms with Crippen molar-refractivity contribution in [2.75, 3.05) is 12.4 Å². The molecule has 3 rings (SSSR count). The van der Waals surface area contributed by atoms with Crippen LogP contribution in [0.25, 0.3) is 11.4 Å². The number of methoxy groups -OCH3 is 1. The summed E-state index contributed by atoms with van der Waals surface area (Å²) in [7, 11) is 1.60. The van der Waals surface area contributed by atoms with E-state index in [4.69, 9.17) is 9.26 Å². The van der Waals surface area contributed by atoms with Crippen LogP contribution in [0.15, 0.2) is 53.1 Å². The molecule has 0 saturated carbocycles. The lowest BCUT2D eigenvalue weighted by Crippen LogP contribution is -2.12. The molecule has 0 radical (unpaired) electrons. The summed E-state index contributed by atoms with van der Waals surface area (Å²) in [6.07, 6.45) is 0.645. The summed E-state index contributed by atoms with van der Waals surface area (Å²) in [5.74, 6) is 1.61. The lowest BCUT2D eigenvalue weighted by Gasteiger charge is -2.18. The topological polar surface area (TPSA) is 77.2 Å². The fourth-order valence-corrected chi connectivity index (χ4v) is 2.71. The highest BCUT2D eigenvalue weighted by Crippen LogP contribution is 2.25. The van der Waals surface area contributed by atoms with E-state index in [0.717, 1.165) is 17.0 Å². The van der Waals surface area contributed by atoms with Gasteiger partial charge in [0.2, 0.25) is 17.6 Å². The first-order valence-corrected chi connectivity index (χ1v) is 9.22. The first kappa shape index (κ1) is 19.6. The van der Waals surface area contributed by atoms with E-state index in [2.05, 4.69) is 48.4 Å². The number of anilines is 1. The Hall–Kier alpha value is -3.15. The second kappa shape index (κ2) is 8.25. The quantitative estimate of drug-likeness (QED) is 0.676. The lowest BCUT2D eigenvalue weighted by atomic mass is 9.87. The van der Waals surface area contributed by atoms with Crippen molar-refractivity contribution < 1.29 is 14.1 Å². The maximum Gasteiger partial charge on any atom is 0.227 e. The highest BCUT2D eigenvalue weighted by Gasteiger charge is 2.15. The van der Waals surface area contributed by atoms with Gasteiger partial charge in [-0.2, -0.15) is 4.98 Å². The van der Waals surface area contributed by atoms with Crippen molar-refractivity contribution in [3.63, 3.8) is 0 Å². The molecule has 0 fully saturated rings. The zero-order valence-electron chi connectivity index (χ0n) is 16.7. The Morgan fingerprint density at radius 1 is 1.07 bits per heavy atom. The maximum atomic E-state index is 12.1. The van der Waals surface area contributed by atoms with Crippen molar-refractivity contribution in [1.29, 1.82) is 0 Å². The summed E-state index contributed by atoms with van der Waals surface area (Å²) in [5, 5.41) is 6.87. The molecular formula is C22H25N3O3. The van der Waals surface area contributed by atoms with E-state index < -0.39 is 0 Å². The summed E-state index contributed by atoms with van der Waals surface area (Å²) >= 11 is 0. The predicted molar refractivity (Wildman–Crippen MR) is 108 cm³/mol. The number of carbonyl (C=O) groups is 1. The molecule has 0 aliphatic rings. The lowest BCUT2D eigenvalue weighted by molar-refractivity contribution is -0.116. The fourth-order valence-electron chi connectivity index (χ4n) is 2.71. The van der Waals surface area contributed by atoms with Gasteiger partial charge in [0.15, 0.2) is 0 Å². The van der Waals surface area contributed by atoms with Gasteiger partial charge >= 0.3 is 0 Å². The Morgan fingerprint density at radius 2 is 1.75 bits per heavy atom. The molecule has 0 aliphatic carbocycles. The first-order chi connectivity index (χ1) is 13.3. The second-order valence-corrected chi connectivity index (χ2v) is 7.62. The van der Waals surface area contributed by atoms with Crippen LogP contribution >= 0.6 is 0 Å². The van der Waals surface area contributed by atoms with Crippen LogP contribution in [0, 0.1) is 0 Å². The van der Waals surface area contributed by atoms with Crippen LogP contribution in [0.3, 0.4) is 0 Å².